The Morgan fingerprint density at radius 2 is 2.03 bits per heavy atom. The van der Waals surface area contributed by atoms with Gasteiger partial charge in [0.05, 0.1) is 15.5 Å². The maximum atomic E-state index is 12.4. The molecule has 1 N–H and O–H groups in total. The highest BCUT2D eigenvalue weighted by molar-refractivity contribution is 7.99. The third-order valence-electron chi connectivity index (χ3n) is 4.14. The van der Waals surface area contributed by atoms with E-state index < -0.39 is 10.0 Å². The maximum Gasteiger partial charge on any atom is 0.242 e. The lowest BCUT2D eigenvalue weighted by Crippen LogP contribution is -2.23. The lowest BCUT2D eigenvalue weighted by molar-refractivity contribution is -0.113. The first kappa shape index (κ1) is 21.5. The molecule has 0 fully saturated rings. The number of nitrogens with zero attached hydrogens (tertiary/aromatic N) is 4. The average Bonchev–Trinajstić information content (AvgIpc) is 3.31. The fourth-order valence-electron chi connectivity index (χ4n) is 2.54. The summed E-state index contributed by atoms with van der Waals surface area (Å²) in [6, 6.07) is 8.75. The largest absolute Gasteiger partial charge is 0.325 e. The zero-order chi connectivity index (χ0) is 21.2. The van der Waals surface area contributed by atoms with E-state index in [9.17, 15) is 13.2 Å². The number of rotatable bonds is 7. The summed E-state index contributed by atoms with van der Waals surface area (Å²) >= 11 is 2.84. The molecule has 0 atom stereocenters. The van der Waals surface area contributed by atoms with Gasteiger partial charge in [-0.05, 0) is 36.1 Å². The van der Waals surface area contributed by atoms with Gasteiger partial charge in [0.1, 0.15) is 0 Å². The molecule has 0 spiro atoms. The second-order valence-corrected chi connectivity index (χ2v) is 10.5. The van der Waals surface area contributed by atoms with E-state index in [1.54, 1.807) is 30.4 Å². The van der Waals surface area contributed by atoms with Crippen LogP contribution in [0.4, 0.5) is 5.69 Å². The van der Waals surface area contributed by atoms with Crippen molar-refractivity contribution in [2.45, 2.75) is 17.0 Å². The van der Waals surface area contributed by atoms with Crippen molar-refractivity contribution in [2.24, 2.45) is 7.05 Å². The molecule has 1 amide bonds. The molecule has 11 heteroatoms. The van der Waals surface area contributed by atoms with E-state index >= 15 is 0 Å². The number of aromatic nitrogens is 3. The molecule has 3 rings (SSSR count). The summed E-state index contributed by atoms with van der Waals surface area (Å²) in [5.74, 6) is 0.618. The molecule has 154 valence electrons. The fraction of sp³-hybridized carbons (Fsp3) is 0.278. The third-order valence-corrected chi connectivity index (χ3v) is 7.98. The van der Waals surface area contributed by atoms with Crippen LogP contribution in [-0.2, 0) is 21.9 Å². The molecule has 0 aliphatic carbocycles. The number of nitrogens with one attached hydrogen (secondary N) is 1. The van der Waals surface area contributed by atoms with Crippen LogP contribution in [0, 0.1) is 6.92 Å². The Morgan fingerprint density at radius 1 is 1.28 bits per heavy atom. The van der Waals surface area contributed by atoms with Crippen molar-refractivity contribution in [2.75, 3.05) is 25.2 Å². The topological polar surface area (TPSA) is 97.2 Å². The molecular weight excluding hydrogens is 430 g/mol. The van der Waals surface area contributed by atoms with Crippen LogP contribution in [0.25, 0.3) is 10.7 Å². The molecule has 29 heavy (non-hydrogen) atoms. The molecular formula is C18H21N5O3S3. The summed E-state index contributed by atoms with van der Waals surface area (Å²) in [5.41, 5.74) is 1.05. The minimum Gasteiger partial charge on any atom is -0.325 e. The number of thiophene rings is 1. The molecule has 2 heterocycles. The summed E-state index contributed by atoms with van der Waals surface area (Å²) in [5, 5.41) is 13.7. The quantitative estimate of drug-likeness (QED) is 0.555. The number of hydrogen-bond acceptors (Lipinski definition) is 7. The number of thioether (sulfide) groups is 1. The fourth-order valence-corrected chi connectivity index (χ4v) is 5.14. The molecule has 0 aliphatic rings. The number of benzene rings is 1. The second-order valence-electron chi connectivity index (χ2n) is 6.45. The molecule has 0 radical (unpaired) electrons. The van der Waals surface area contributed by atoms with E-state index in [0.717, 1.165) is 15.0 Å². The second kappa shape index (κ2) is 8.66. The number of anilines is 1. The van der Waals surface area contributed by atoms with E-state index in [1.165, 1.54) is 31.9 Å². The van der Waals surface area contributed by atoms with Crippen LogP contribution in [0.3, 0.4) is 0 Å². The number of aryl methyl sites for hydroxylation is 1. The van der Waals surface area contributed by atoms with Gasteiger partial charge in [0.25, 0.3) is 0 Å². The van der Waals surface area contributed by atoms with Gasteiger partial charge in [0.2, 0.25) is 15.9 Å². The van der Waals surface area contributed by atoms with E-state index in [4.69, 9.17) is 0 Å². The van der Waals surface area contributed by atoms with Crippen molar-refractivity contribution in [3.05, 3.63) is 41.3 Å². The van der Waals surface area contributed by atoms with Gasteiger partial charge in [-0.15, -0.1) is 21.5 Å². The first-order valence-corrected chi connectivity index (χ1v) is 11.9. The van der Waals surface area contributed by atoms with Gasteiger partial charge < -0.3 is 9.88 Å². The lowest BCUT2D eigenvalue weighted by atomic mass is 10.2. The lowest BCUT2D eigenvalue weighted by Gasteiger charge is -2.15. The van der Waals surface area contributed by atoms with Crippen LogP contribution in [0.5, 0.6) is 0 Å². The maximum absolute atomic E-state index is 12.4. The minimum atomic E-state index is -3.59. The standard InChI is InChI=1S/C18H21N5O3S3/c1-12-7-8-13(10-15(12)29(25,26)22(2)3)19-16(24)11-28-18-21-20-17(23(18)4)14-6-5-9-27-14/h5-10H,11H2,1-4H3,(H,19,24). The zero-order valence-electron chi connectivity index (χ0n) is 16.4. The third kappa shape index (κ3) is 4.69. The molecule has 0 unspecified atom stereocenters. The molecule has 1 aromatic carbocycles. The first-order valence-electron chi connectivity index (χ1n) is 8.59. The van der Waals surface area contributed by atoms with Crippen molar-refractivity contribution in [1.29, 1.82) is 0 Å². The van der Waals surface area contributed by atoms with Gasteiger partial charge in [-0.1, -0.05) is 23.9 Å². The molecule has 3 aromatic rings. The SMILES string of the molecule is Cc1ccc(NC(=O)CSc2nnc(-c3cccs3)n2C)cc1S(=O)(=O)N(C)C. The van der Waals surface area contributed by atoms with Crippen molar-refractivity contribution in [3.63, 3.8) is 0 Å². The molecule has 0 bridgehead atoms. The molecule has 0 saturated heterocycles. The summed E-state index contributed by atoms with van der Waals surface area (Å²) in [6.07, 6.45) is 0. The first-order chi connectivity index (χ1) is 13.7. The molecule has 8 nitrogen and oxygen atoms in total. The van der Waals surface area contributed by atoms with Crippen molar-refractivity contribution < 1.29 is 13.2 Å². The van der Waals surface area contributed by atoms with Gasteiger partial charge in [0.15, 0.2) is 11.0 Å². The van der Waals surface area contributed by atoms with E-state index in [-0.39, 0.29) is 16.6 Å². The van der Waals surface area contributed by atoms with Crippen molar-refractivity contribution in [3.8, 4) is 10.7 Å². The monoisotopic (exact) mass is 451 g/mol. The van der Waals surface area contributed by atoms with Gasteiger partial charge in [-0.2, -0.15) is 0 Å². The number of sulfonamides is 1. The summed E-state index contributed by atoms with van der Waals surface area (Å²) < 4.78 is 27.9. The Bertz CT molecular complexity index is 1120. The van der Waals surface area contributed by atoms with E-state index in [2.05, 4.69) is 15.5 Å². The highest BCUT2D eigenvalue weighted by Gasteiger charge is 2.20. The van der Waals surface area contributed by atoms with E-state index in [0.29, 0.717) is 16.4 Å². The Morgan fingerprint density at radius 3 is 2.69 bits per heavy atom. The Hall–Kier alpha value is -2.21. The van der Waals surface area contributed by atoms with Gasteiger partial charge in [-0.3, -0.25) is 4.79 Å². The van der Waals surface area contributed by atoms with Crippen LogP contribution in [0.2, 0.25) is 0 Å². The predicted octanol–water partition coefficient (Wildman–Crippen LogP) is 2.83. The average molecular weight is 452 g/mol. The number of amides is 1. The van der Waals surface area contributed by atoms with Gasteiger partial charge in [0, 0.05) is 26.8 Å². The number of hydrogen-bond donors (Lipinski definition) is 1. The Kier molecular flexibility index (Phi) is 6.42. The number of carbonyl (C=O) groups excluding carboxylic acids is 1. The molecule has 0 aliphatic heterocycles. The summed E-state index contributed by atoms with van der Waals surface area (Å²) in [7, 11) is 1.21. The normalized spacial score (nSPS) is 11.8. The minimum absolute atomic E-state index is 0.125. The smallest absolute Gasteiger partial charge is 0.242 e. The van der Waals surface area contributed by atoms with Crippen LogP contribution >= 0.6 is 23.1 Å². The van der Waals surface area contributed by atoms with Crippen LogP contribution in [0.15, 0.2) is 45.8 Å². The molecule has 0 saturated carbocycles. The highest BCUT2D eigenvalue weighted by Crippen LogP contribution is 2.26. The van der Waals surface area contributed by atoms with Crippen LogP contribution < -0.4 is 5.32 Å². The predicted molar refractivity (Wildman–Crippen MR) is 116 cm³/mol. The highest BCUT2D eigenvalue weighted by atomic mass is 32.2. The van der Waals surface area contributed by atoms with Gasteiger partial charge in [-0.25, -0.2) is 12.7 Å². The Balaban J connectivity index is 1.68. The Labute approximate surface area is 178 Å². The van der Waals surface area contributed by atoms with Crippen molar-refractivity contribution in [1.82, 2.24) is 19.1 Å². The zero-order valence-corrected chi connectivity index (χ0v) is 18.9. The van der Waals surface area contributed by atoms with Gasteiger partial charge >= 0.3 is 0 Å². The molecule has 2 aromatic heterocycles. The number of carbonyl (C=O) groups is 1. The summed E-state index contributed by atoms with van der Waals surface area (Å²) in [4.78, 5) is 13.5. The summed E-state index contributed by atoms with van der Waals surface area (Å²) in [6.45, 7) is 1.72. The van der Waals surface area contributed by atoms with E-state index in [1.807, 2.05) is 29.1 Å². The van der Waals surface area contributed by atoms with Crippen LogP contribution in [0.1, 0.15) is 5.56 Å². The van der Waals surface area contributed by atoms with Crippen molar-refractivity contribution >= 4 is 44.7 Å². The van der Waals surface area contributed by atoms with Crippen LogP contribution in [-0.4, -0.2) is 53.2 Å².